The topological polar surface area (TPSA) is 85.3 Å². The minimum atomic E-state index is -4.58. The van der Waals surface area contributed by atoms with Crippen LogP contribution in [0.15, 0.2) is 36.8 Å². The summed E-state index contributed by atoms with van der Waals surface area (Å²) in [6.45, 7) is 0.154. The molecular formula is C13H9F3N8. The van der Waals surface area contributed by atoms with Gasteiger partial charge in [0, 0.05) is 12.3 Å². The van der Waals surface area contributed by atoms with E-state index in [0.29, 0.717) is 11.5 Å². The van der Waals surface area contributed by atoms with Gasteiger partial charge in [0.25, 0.3) is 5.78 Å². The maximum absolute atomic E-state index is 12.9. The number of pyridine rings is 1. The van der Waals surface area contributed by atoms with Crippen molar-refractivity contribution in [2.45, 2.75) is 12.7 Å². The molecule has 0 unspecified atom stereocenters. The second-order valence-electron chi connectivity index (χ2n) is 4.89. The van der Waals surface area contributed by atoms with Gasteiger partial charge >= 0.3 is 6.18 Å². The lowest BCUT2D eigenvalue weighted by Gasteiger charge is -2.10. The summed E-state index contributed by atoms with van der Waals surface area (Å²) >= 11 is 0. The van der Waals surface area contributed by atoms with Crippen LogP contribution in [-0.4, -0.2) is 34.2 Å². The van der Waals surface area contributed by atoms with Gasteiger partial charge in [0.15, 0.2) is 17.2 Å². The molecule has 4 aromatic heterocycles. The molecule has 8 nitrogen and oxygen atoms in total. The number of alkyl halides is 3. The first kappa shape index (κ1) is 14.4. The number of fused-ring (bicyclic) bond motifs is 2. The third-order valence-corrected chi connectivity index (χ3v) is 3.35. The van der Waals surface area contributed by atoms with Gasteiger partial charge in [-0.25, -0.2) is 4.98 Å². The monoisotopic (exact) mass is 334 g/mol. The van der Waals surface area contributed by atoms with Crippen LogP contribution in [0.25, 0.3) is 11.4 Å². The number of nitrogens with one attached hydrogen (secondary N) is 1. The highest BCUT2D eigenvalue weighted by Gasteiger charge is 2.34. The molecule has 11 heteroatoms. The number of rotatable bonds is 3. The maximum atomic E-state index is 12.9. The lowest BCUT2D eigenvalue weighted by Crippen LogP contribution is -2.14. The Morgan fingerprint density at radius 3 is 2.88 bits per heavy atom. The molecular weight excluding hydrogens is 325 g/mol. The molecule has 0 aliphatic heterocycles. The lowest BCUT2D eigenvalue weighted by atomic mass is 10.3. The SMILES string of the molecule is FC(F)(F)c1cc(NCc2nnc3ccccn23)n2ncnc2n1. The van der Waals surface area contributed by atoms with E-state index in [9.17, 15) is 13.2 Å². The molecule has 0 saturated carbocycles. The molecule has 0 spiro atoms. The molecule has 0 aliphatic carbocycles. The molecule has 0 saturated heterocycles. The fourth-order valence-corrected chi connectivity index (χ4v) is 2.26. The zero-order valence-corrected chi connectivity index (χ0v) is 11.9. The zero-order chi connectivity index (χ0) is 16.7. The van der Waals surface area contributed by atoms with Crippen molar-refractivity contribution in [1.29, 1.82) is 0 Å². The van der Waals surface area contributed by atoms with Gasteiger partial charge in [-0.05, 0) is 12.1 Å². The van der Waals surface area contributed by atoms with Crippen LogP contribution in [0.2, 0.25) is 0 Å². The normalized spacial score (nSPS) is 12.1. The summed E-state index contributed by atoms with van der Waals surface area (Å²) in [6.07, 6.45) is -1.67. The Labute approximate surface area is 132 Å². The van der Waals surface area contributed by atoms with Crippen molar-refractivity contribution in [2.24, 2.45) is 0 Å². The number of hydrogen-bond donors (Lipinski definition) is 1. The molecule has 0 fully saturated rings. The Balaban J connectivity index is 1.70. The molecule has 4 rings (SSSR count). The van der Waals surface area contributed by atoms with Gasteiger partial charge in [0.1, 0.15) is 12.1 Å². The van der Waals surface area contributed by atoms with E-state index in [1.54, 1.807) is 16.7 Å². The van der Waals surface area contributed by atoms with Crippen molar-refractivity contribution >= 4 is 17.2 Å². The van der Waals surface area contributed by atoms with Crippen LogP contribution in [0, 0.1) is 0 Å². The van der Waals surface area contributed by atoms with E-state index in [0.717, 1.165) is 12.4 Å². The minimum absolute atomic E-state index is 0.109. The van der Waals surface area contributed by atoms with Crippen LogP contribution < -0.4 is 5.32 Å². The molecule has 0 amide bonds. The molecule has 24 heavy (non-hydrogen) atoms. The first-order valence-electron chi connectivity index (χ1n) is 6.83. The van der Waals surface area contributed by atoms with Crippen molar-refractivity contribution in [3.05, 3.63) is 48.3 Å². The minimum Gasteiger partial charge on any atom is -0.363 e. The van der Waals surface area contributed by atoms with Gasteiger partial charge in [-0.3, -0.25) is 4.40 Å². The molecule has 0 aromatic carbocycles. The molecule has 0 bridgehead atoms. The highest BCUT2D eigenvalue weighted by atomic mass is 19.4. The molecule has 0 atom stereocenters. The third kappa shape index (κ3) is 2.39. The summed E-state index contributed by atoms with van der Waals surface area (Å²) in [4.78, 5) is 7.17. The molecule has 0 radical (unpaired) electrons. The fraction of sp³-hybridized carbons (Fsp3) is 0.154. The van der Waals surface area contributed by atoms with Crippen molar-refractivity contribution in [2.75, 3.05) is 5.32 Å². The summed E-state index contributed by atoms with van der Waals surface area (Å²) < 4.78 is 41.8. The molecule has 4 aromatic rings. The van der Waals surface area contributed by atoms with Crippen molar-refractivity contribution in [3.63, 3.8) is 0 Å². The van der Waals surface area contributed by atoms with E-state index in [4.69, 9.17) is 0 Å². The first-order valence-corrected chi connectivity index (χ1v) is 6.83. The predicted molar refractivity (Wildman–Crippen MR) is 76.1 cm³/mol. The highest BCUT2D eigenvalue weighted by Crippen LogP contribution is 2.29. The average Bonchev–Trinajstić information content (AvgIpc) is 3.18. The smallest absolute Gasteiger partial charge is 0.363 e. The number of anilines is 1. The summed E-state index contributed by atoms with van der Waals surface area (Å²) in [6, 6.07) is 6.29. The zero-order valence-electron chi connectivity index (χ0n) is 11.9. The van der Waals surface area contributed by atoms with Crippen molar-refractivity contribution in [1.82, 2.24) is 34.2 Å². The predicted octanol–water partition coefficient (Wildman–Crippen LogP) is 1.80. The van der Waals surface area contributed by atoms with Crippen LogP contribution in [0.1, 0.15) is 11.5 Å². The number of nitrogens with zero attached hydrogens (tertiary/aromatic N) is 7. The van der Waals surface area contributed by atoms with Gasteiger partial charge < -0.3 is 5.32 Å². The third-order valence-electron chi connectivity index (χ3n) is 3.35. The summed E-state index contributed by atoms with van der Waals surface area (Å²) in [5.74, 6) is 0.514. The van der Waals surface area contributed by atoms with Crippen LogP contribution in [0.5, 0.6) is 0 Å². The molecule has 1 N–H and O–H groups in total. The molecule has 0 aliphatic rings. The van der Waals surface area contributed by atoms with Crippen LogP contribution >= 0.6 is 0 Å². The second kappa shape index (κ2) is 5.15. The van der Waals surface area contributed by atoms with Crippen LogP contribution in [0.4, 0.5) is 19.0 Å². The summed E-state index contributed by atoms with van der Waals surface area (Å²) in [7, 11) is 0. The highest BCUT2D eigenvalue weighted by molar-refractivity contribution is 5.46. The number of halogens is 3. The molecule has 4 heterocycles. The van der Waals surface area contributed by atoms with E-state index in [2.05, 4.69) is 30.6 Å². The van der Waals surface area contributed by atoms with Gasteiger partial charge in [-0.1, -0.05) is 6.07 Å². The van der Waals surface area contributed by atoms with Crippen LogP contribution in [0.3, 0.4) is 0 Å². The Hall–Kier alpha value is -3.24. The van der Waals surface area contributed by atoms with E-state index < -0.39 is 11.9 Å². The van der Waals surface area contributed by atoms with Crippen molar-refractivity contribution in [3.8, 4) is 0 Å². The fourth-order valence-electron chi connectivity index (χ4n) is 2.26. The Kier molecular flexibility index (Phi) is 3.08. The summed E-state index contributed by atoms with van der Waals surface area (Å²) in [5, 5.41) is 14.8. The van der Waals surface area contributed by atoms with Crippen molar-refractivity contribution < 1.29 is 13.2 Å². The second-order valence-corrected chi connectivity index (χ2v) is 4.89. The number of aromatic nitrogens is 7. The van der Waals surface area contributed by atoms with E-state index in [1.165, 1.54) is 4.52 Å². The largest absolute Gasteiger partial charge is 0.433 e. The lowest BCUT2D eigenvalue weighted by molar-refractivity contribution is -0.141. The van der Waals surface area contributed by atoms with E-state index in [-0.39, 0.29) is 18.1 Å². The Bertz CT molecular complexity index is 1020. The van der Waals surface area contributed by atoms with Gasteiger partial charge in [-0.15, -0.1) is 10.2 Å². The maximum Gasteiger partial charge on any atom is 0.433 e. The Morgan fingerprint density at radius 1 is 1.17 bits per heavy atom. The number of hydrogen-bond acceptors (Lipinski definition) is 6. The standard InChI is InChI=1S/C13H9F3N8/c14-13(15,16)8-5-10(24-12(20-8)18-7-19-24)17-6-11-22-21-9-3-1-2-4-23(9)11/h1-5,7,17H,6H2. The van der Waals surface area contributed by atoms with Gasteiger partial charge in [-0.2, -0.15) is 27.8 Å². The van der Waals surface area contributed by atoms with Crippen LogP contribution in [-0.2, 0) is 12.7 Å². The van der Waals surface area contributed by atoms with E-state index >= 15 is 0 Å². The van der Waals surface area contributed by atoms with Gasteiger partial charge in [0.2, 0.25) is 0 Å². The first-order chi connectivity index (χ1) is 11.5. The van der Waals surface area contributed by atoms with E-state index in [1.807, 2.05) is 12.1 Å². The summed E-state index contributed by atoms with van der Waals surface area (Å²) in [5.41, 5.74) is -0.400. The average molecular weight is 334 g/mol. The van der Waals surface area contributed by atoms with Gasteiger partial charge in [0.05, 0.1) is 6.54 Å². The Morgan fingerprint density at radius 2 is 2.04 bits per heavy atom. The molecule has 122 valence electrons. The quantitative estimate of drug-likeness (QED) is 0.615.